The van der Waals surface area contributed by atoms with Gasteiger partial charge in [-0.2, -0.15) is 0 Å². The van der Waals surface area contributed by atoms with Gasteiger partial charge >= 0.3 is 0 Å². The molecule has 3 aliphatic heterocycles. The Balaban J connectivity index is 1.12. The fourth-order valence-electron chi connectivity index (χ4n) is 14.1. The van der Waals surface area contributed by atoms with Crippen molar-refractivity contribution in [3.8, 4) is 0 Å². The van der Waals surface area contributed by atoms with Crippen LogP contribution in [0.15, 0.2) is 150 Å². The predicted molar refractivity (Wildman–Crippen MR) is 310 cm³/mol. The smallest absolute Gasteiger partial charge is 0.252 e. The van der Waals surface area contributed by atoms with Crippen molar-refractivity contribution >= 4 is 122 Å². The number of aryl methyl sites for hydroxylation is 2. The highest BCUT2D eigenvalue weighted by molar-refractivity contribution is 7.25. The van der Waals surface area contributed by atoms with Gasteiger partial charge in [-0.3, -0.25) is 0 Å². The molecule has 14 rings (SSSR count). The molecule has 0 bridgehead atoms. The van der Waals surface area contributed by atoms with Gasteiger partial charge < -0.3 is 19.1 Å². The molecule has 1 saturated carbocycles. The molecule has 10 aromatic rings. The lowest BCUT2D eigenvalue weighted by Crippen LogP contribution is -2.61. The number of hydrogen-bond acceptors (Lipinski definition) is 5. The fraction of sp³-hybridized carbons (Fsp3) is 0.273. The van der Waals surface area contributed by atoms with Crippen LogP contribution in [0, 0.1) is 13.8 Å². The Morgan fingerprint density at radius 3 is 1.78 bits per heavy atom. The van der Waals surface area contributed by atoms with E-state index in [9.17, 15) is 0 Å². The minimum atomic E-state index is -0.150. The van der Waals surface area contributed by atoms with Gasteiger partial charge in [0.15, 0.2) is 0 Å². The lowest BCUT2D eigenvalue weighted by Gasteiger charge is -2.51. The molecule has 0 radical (unpaired) electrons. The Hall–Kier alpha value is -6.76. The molecular weight excluding hydrogens is 894 g/mol. The number of thiophene rings is 1. The van der Waals surface area contributed by atoms with Crippen LogP contribution in [0.4, 0.5) is 45.5 Å². The quantitative estimate of drug-likeness (QED) is 0.165. The van der Waals surface area contributed by atoms with Gasteiger partial charge in [-0.05, 0) is 155 Å². The van der Waals surface area contributed by atoms with Crippen molar-refractivity contribution in [2.24, 2.45) is 0 Å². The zero-order valence-electron chi connectivity index (χ0n) is 43.4. The first-order valence-electron chi connectivity index (χ1n) is 26.3. The van der Waals surface area contributed by atoms with Crippen molar-refractivity contribution in [3.63, 3.8) is 0 Å². The van der Waals surface area contributed by atoms with Crippen LogP contribution in [0.5, 0.6) is 0 Å². The molecule has 0 N–H and O–H groups in total. The molecule has 5 heterocycles. The van der Waals surface area contributed by atoms with E-state index in [1.165, 1.54) is 123 Å². The number of anilines is 8. The largest absolute Gasteiger partial charge is 0.456 e. The summed E-state index contributed by atoms with van der Waals surface area (Å²) in [5, 5.41) is 4.92. The lowest BCUT2D eigenvalue weighted by molar-refractivity contribution is 0.194. The van der Waals surface area contributed by atoms with Crippen molar-refractivity contribution in [2.75, 3.05) is 14.7 Å². The zero-order chi connectivity index (χ0) is 49.4. The molecule has 356 valence electrons. The van der Waals surface area contributed by atoms with Gasteiger partial charge in [0.2, 0.25) is 0 Å². The van der Waals surface area contributed by atoms with E-state index in [2.05, 4.69) is 230 Å². The first-order chi connectivity index (χ1) is 34.5. The topological polar surface area (TPSA) is 22.9 Å². The number of nitrogens with zero attached hydrogens (tertiary/aromatic N) is 3. The summed E-state index contributed by atoms with van der Waals surface area (Å²) in [4.78, 5) is 8.09. The maximum atomic E-state index is 6.74. The van der Waals surface area contributed by atoms with Crippen LogP contribution in [0.2, 0.25) is 0 Å². The number of hydrogen-bond donors (Lipinski definition) is 0. The summed E-state index contributed by atoms with van der Waals surface area (Å²) in [6.45, 7) is 23.9. The second-order valence-electron chi connectivity index (χ2n) is 24.2. The Labute approximate surface area is 429 Å². The highest BCUT2D eigenvalue weighted by atomic mass is 32.1. The third-order valence-electron chi connectivity index (χ3n) is 17.8. The fourth-order valence-corrected chi connectivity index (χ4v) is 15.2. The molecule has 72 heavy (non-hydrogen) atoms. The Kier molecular flexibility index (Phi) is 9.11. The summed E-state index contributed by atoms with van der Waals surface area (Å²) in [5.74, 6) is 0. The molecule has 1 aliphatic carbocycles. The van der Waals surface area contributed by atoms with Crippen LogP contribution >= 0.6 is 11.3 Å². The first kappa shape index (κ1) is 44.0. The van der Waals surface area contributed by atoms with Crippen LogP contribution in [0.1, 0.15) is 109 Å². The Morgan fingerprint density at radius 1 is 0.514 bits per heavy atom. The number of para-hydroxylation sites is 1. The Bertz CT molecular complexity index is 3750. The van der Waals surface area contributed by atoms with E-state index in [-0.39, 0.29) is 28.5 Å². The lowest BCUT2D eigenvalue weighted by atomic mass is 9.33. The second-order valence-corrected chi connectivity index (χ2v) is 25.3. The summed E-state index contributed by atoms with van der Waals surface area (Å²) in [5.41, 5.74) is 22.3. The molecule has 2 atom stereocenters. The SMILES string of the molecule is Cc1cc(C)c2c(c1)N(c1cc3c4c(c1)N(c1ccc5c(c1)sc1ccccc15)c1cc(C(C)(C)C)ccc1B4c1ccc(C(C)(C)C)cc1N3c1ccc3c(c1)oc1ccccc13)C1(C)CCCCC21C. The highest BCUT2D eigenvalue weighted by Crippen LogP contribution is 2.63. The molecule has 4 aliphatic rings. The molecule has 8 aromatic carbocycles. The van der Waals surface area contributed by atoms with Crippen molar-refractivity contribution in [3.05, 3.63) is 173 Å². The normalized spacial score (nSPS) is 19.3. The predicted octanol–water partition coefficient (Wildman–Crippen LogP) is 17.0. The number of fused-ring (bicyclic) bond motifs is 13. The summed E-state index contributed by atoms with van der Waals surface area (Å²) < 4.78 is 9.37. The van der Waals surface area contributed by atoms with Crippen LogP contribution in [0.3, 0.4) is 0 Å². The maximum Gasteiger partial charge on any atom is 0.252 e. The Morgan fingerprint density at radius 2 is 1.10 bits per heavy atom. The first-order valence-corrected chi connectivity index (χ1v) is 27.1. The minimum absolute atomic E-state index is 0.0153. The average molecular weight is 956 g/mol. The van der Waals surface area contributed by atoms with Crippen LogP contribution < -0.4 is 31.1 Å². The number of furan rings is 1. The summed E-state index contributed by atoms with van der Waals surface area (Å²) in [7, 11) is 0. The third kappa shape index (κ3) is 6.05. The molecule has 0 saturated heterocycles. The standard InChI is InChI=1S/C66H62BN3OS/c1-39-31-40(2)61-54(32-39)70(66(10)30-16-15-29-65(61,66)9)45-35-55-62-56(36-45)69(44-24-26-49-48-18-12-14-20-59(48)72-60(49)38-44)53-34-42(64(6,7)8)22-28-51(53)67(62)50-27-21-41(63(3,4)5)33-52(50)68(55)43-23-25-47-46-17-11-13-19-57(46)71-58(47)37-43/h11-14,17-28,31-38H,15-16,29-30H2,1-10H3. The molecule has 4 nitrogen and oxygen atoms in total. The molecule has 0 amide bonds. The maximum absolute atomic E-state index is 6.74. The number of rotatable bonds is 3. The number of benzene rings is 8. The third-order valence-corrected chi connectivity index (χ3v) is 18.9. The molecule has 2 aromatic heterocycles. The molecule has 2 unspecified atom stereocenters. The van der Waals surface area contributed by atoms with Crippen LogP contribution in [-0.4, -0.2) is 12.3 Å². The van der Waals surface area contributed by atoms with Gasteiger partial charge in [0, 0.05) is 87.9 Å². The van der Waals surface area contributed by atoms with E-state index < -0.39 is 0 Å². The molecular formula is C66H62BN3OS. The van der Waals surface area contributed by atoms with E-state index in [0.717, 1.165) is 34.0 Å². The van der Waals surface area contributed by atoms with Crippen LogP contribution in [0.25, 0.3) is 42.1 Å². The van der Waals surface area contributed by atoms with E-state index >= 15 is 0 Å². The van der Waals surface area contributed by atoms with Crippen molar-refractivity contribution in [2.45, 2.75) is 117 Å². The van der Waals surface area contributed by atoms with Crippen LogP contribution in [-0.2, 0) is 16.2 Å². The van der Waals surface area contributed by atoms with E-state index in [1.54, 1.807) is 0 Å². The summed E-state index contributed by atoms with van der Waals surface area (Å²) in [6.07, 6.45) is 4.76. The van der Waals surface area contributed by atoms with Crippen molar-refractivity contribution in [1.82, 2.24) is 0 Å². The monoisotopic (exact) mass is 955 g/mol. The van der Waals surface area contributed by atoms with Gasteiger partial charge in [-0.1, -0.05) is 134 Å². The average Bonchev–Trinajstić information content (AvgIpc) is 3.97. The van der Waals surface area contributed by atoms with Gasteiger partial charge in [-0.25, -0.2) is 0 Å². The molecule has 0 spiro atoms. The van der Waals surface area contributed by atoms with Gasteiger partial charge in [0.1, 0.15) is 11.2 Å². The van der Waals surface area contributed by atoms with Gasteiger partial charge in [0.25, 0.3) is 6.71 Å². The van der Waals surface area contributed by atoms with E-state index in [0.29, 0.717) is 0 Å². The van der Waals surface area contributed by atoms with Crippen molar-refractivity contribution in [1.29, 1.82) is 0 Å². The van der Waals surface area contributed by atoms with E-state index in [1.807, 2.05) is 11.3 Å². The van der Waals surface area contributed by atoms with Gasteiger partial charge in [0.05, 0.1) is 5.54 Å². The minimum Gasteiger partial charge on any atom is -0.456 e. The molecule has 6 heteroatoms. The van der Waals surface area contributed by atoms with Crippen molar-refractivity contribution < 1.29 is 4.42 Å². The second kappa shape index (κ2) is 14.9. The highest BCUT2D eigenvalue weighted by Gasteiger charge is 2.59. The van der Waals surface area contributed by atoms with E-state index in [4.69, 9.17) is 4.42 Å². The summed E-state index contributed by atoms with van der Waals surface area (Å²) in [6, 6.07) is 56.5. The zero-order valence-corrected chi connectivity index (χ0v) is 44.2. The van der Waals surface area contributed by atoms with Gasteiger partial charge in [-0.15, -0.1) is 11.3 Å². The molecule has 1 fully saturated rings. The summed E-state index contributed by atoms with van der Waals surface area (Å²) >= 11 is 1.90.